The van der Waals surface area contributed by atoms with Gasteiger partial charge in [0.1, 0.15) is 17.7 Å². The number of piperidine rings is 1. The van der Waals surface area contributed by atoms with E-state index < -0.39 is 18.5 Å². The molecule has 1 fully saturated rings. The van der Waals surface area contributed by atoms with Crippen LogP contribution in [0.2, 0.25) is 0 Å². The zero-order chi connectivity index (χ0) is 27.6. The second-order valence-electron chi connectivity index (χ2n) is 10.0. The van der Waals surface area contributed by atoms with E-state index in [1.54, 1.807) is 42.5 Å². The van der Waals surface area contributed by atoms with Crippen molar-refractivity contribution >= 4 is 11.7 Å². The lowest BCUT2D eigenvalue weighted by atomic mass is 9.94. The van der Waals surface area contributed by atoms with Crippen molar-refractivity contribution in [1.29, 1.82) is 0 Å². The summed E-state index contributed by atoms with van der Waals surface area (Å²) in [5, 5.41) is 2.82. The molecule has 39 heavy (non-hydrogen) atoms. The van der Waals surface area contributed by atoms with Gasteiger partial charge in [-0.05, 0) is 73.2 Å². The summed E-state index contributed by atoms with van der Waals surface area (Å²) >= 11 is 0. The predicted octanol–water partition coefficient (Wildman–Crippen LogP) is 5.61. The van der Waals surface area contributed by atoms with Gasteiger partial charge in [-0.2, -0.15) is 17.6 Å². The molecule has 1 saturated heterocycles. The molecule has 0 unspecified atom stereocenters. The highest BCUT2D eigenvalue weighted by Gasteiger charge is 2.27. The molecule has 206 valence electrons. The van der Waals surface area contributed by atoms with E-state index in [4.69, 9.17) is 10.5 Å². The quantitative estimate of drug-likeness (QED) is 0.300. The van der Waals surface area contributed by atoms with Gasteiger partial charge in [0, 0.05) is 42.7 Å². The molecule has 0 bridgehead atoms. The van der Waals surface area contributed by atoms with Gasteiger partial charge in [0.05, 0.1) is 0 Å². The largest absolute Gasteiger partial charge is 0.490 e. The van der Waals surface area contributed by atoms with Gasteiger partial charge in [-0.25, -0.2) is 4.98 Å². The first kappa shape index (κ1) is 26.9. The first-order valence-electron chi connectivity index (χ1n) is 13.1. The summed E-state index contributed by atoms with van der Waals surface area (Å²) in [6, 6.07) is 14.2. The third-order valence-electron chi connectivity index (χ3n) is 7.28. The molecule has 10 heteroatoms. The number of nitrogen functional groups attached to an aromatic ring is 1. The molecule has 0 saturated carbocycles. The number of nitrogens with two attached hydrogens (primary N) is 1. The summed E-state index contributed by atoms with van der Waals surface area (Å²) < 4.78 is 58.1. The number of carbonyl (C=O) groups excluding carboxylic acids is 1. The van der Waals surface area contributed by atoms with E-state index in [0.717, 1.165) is 24.0 Å². The maximum Gasteiger partial charge on any atom is 0.389 e. The van der Waals surface area contributed by atoms with Gasteiger partial charge in [0.2, 0.25) is 5.95 Å². The number of nitrogens with zero attached hydrogens (tertiary/aromatic N) is 2. The van der Waals surface area contributed by atoms with Crippen molar-refractivity contribution in [3.8, 4) is 28.0 Å². The number of halogens is 4. The fourth-order valence-electron chi connectivity index (χ4n) is 5.19. The lowest BCUT2D eigenvalue weighted by molar-refractivity contribution is -0.136. The average molecular weight is 543 g/mol. The topological polar surface area (TPSA) is 80.5 Å². The molecule has 2 aliphatic heterocycles. The second-order valence-corrected chi connectivity index (χ2v) is 10.0. The lowest BCUT2D eigenvalue weighted by Crippen LogP contribution is -2.38. The SMILES string of the molecule is Nc1nc(F)c(-c2ccc(OC3CCN(CCCC(F)(F)F)CC3)cc2)cc1-c1ccc2c(c1)CCNC2=O. The van der Waals surface area contributed by atoms with Crippen molar-refractivity contribution in [1.82, 2.24) is 15.2 Å². The maximum atomic E-state index is 14.9. The monoisotopic (exact) mass is 542 g/mol. The molecule has 1 amide bonds. The molecule has 0 spiro atoms. The van der Waals surface area contributed by atoms with E-state index >= 15 is 0 Å². The van der Waals surface area contributed by atoms with Crippen LogP contribution in [0.15, 0.2) is 48.5 Å². The number of aromatic nitrogens is 1. The molecule has 0 atom stereocenters. The lowest BCUT2D eigenvalue weighted by Gasteiger charge is -2.32. The fourth-order valence-corrected chi connectivity index (χ4v) is 5.19. The third kappa shape index (κ3) is 6.50. The smallest absolute Gasteiger partial charge is 0.389 e. The van der Waals surface area contributed by atoms with Crippen LogP contribution in [-0.4, -0.2) is 54.3 Å². The first-order valence-corrected chi connectivity index (χ1v) is 13.1. The number of likely N-dealkylation sites (tertiary alicyclic amines) is 1. The number of amides is 1. The number of hydrogen-bond acceptors (Lipinski definition) is 5. The number of nitrogens with one attached hydrogen (secondary N) is 1. The molecule has 0 radical (unpaired) electrons. The molecule has 5 rings (SSSR count). The van der Waals surface area contributed by atoms with E-state index in [-0.39, 0.29) is 24.2 Å². The van der Waals surface area contributed by atoms with Crippen LogP contribution in [0.3, 0.4) is 0 Å². The molecule has 2 aromatic carbocycles. The van der Waals surface area contributed by atoms with Crippen LogP contribution in [0.1, 0.15) is 41.6 Å². The van der Waals surface area contributed by atoms with Crippen LogP contribution in [0.5, 0.6) is 5.75 Å². The number of benzene rings is 2. The molecule has 0 aliphatic carbocycles. The van der Waals surface area contributed by atoms with Crippen molar-refractivity contribution in [2.75, 3.05) is 31.9 Å². The third-order valence-corrected chi connectivity index (χ3v) is 7.28. The Bertz CT molecular complexity index is 1340. The van der Waals surface area contributed by atoms with Crippen LogP contribution in [0.4, 0.5) is 23.4 Å². The Labute approximate surface area is 224 Å². The van der Waals surface area contributed by atoms with E-state index in [9.17, 15) is 22.4 Å². The Kier molecular flexibility index (Phi) is 7.74. The van der Waals surface area contributed by atoms with Crippen molar-refractivity contribution in [3.63, 3.8) is 0 Å². The number of rotatable bonds is 7. The average Bonchev–Trinajstić information content (AvgIpc) is 2.90. The summed E-state index contributed by atoms with van der Waals surface area (Å²) in [4.78, 5) is 18.1. The summed E-state index contributed by atoms with van der Waals surface area (Å²) in [7, 11) is 0. The molecule has 1 aromatic heterocycles. The Morgan fingerprint density at radius 2 is 1.72 bits per heavy atom. The van der Waals surface area contributed by atoms with Crippen molar-refractivity contribution < 1.29 is 27.1 Å². The molecule has 2 aliphatic rings. The zero-order valence-corrected chi connectivity index (χ0v) is 21.4. The Morgan fingerprint density at radius 1 is 1.00 bits per heavy atom. The summed E-state index contributed by atoms with van der Waals surface area (Å²) in [6.07, 6.45) is -2.62. The van der Waals surface area contributed by atoms with Crippen LogP contribution < -0.4 is 15.8 Å². The maximum absolute atomic E-state index is 14.9. The standard InChI is InChI=1S/C29H30F4N4O2/c30-26-24(17-25(27(34)36-26)19-4-7-23-20(16-19)8-12-35-28(23)38)18-2-5-21(6-3-18)39-22-9-14-37(15-10-22)13-1-11-29(31,32)33/h2-7,16-17,22H,1,8-15H2,(H2,34,36)(H,35,38). The zero-order valence-electron chi connectivity index (χ0n) is 21.4. The minimum absolute atomic E-state index is 0.0256. The van der Waals surface area contributed by atoms with E-state index in [1.165, 1.54) is 0 Å². The van der Waals surface area contributed by atoms with Crippen LogP contribution in [0.25, 0.3) is 22.3 Å². The number of hydrogen-bond donors (Lipinski definition) is 2. The number of alkyl halides is 3. The molecular weight excluding hydrogens is 512 g/mol. The number of pyridine rings is 1. The van der Waals surface area contributed by atoms with Crippen LogP contribution in [-0.2, 0) is 6.42 Å². The van der Waals surface area contributed by atoms with E-state index in [0.29, 0.717) is 60.6 Å². The Balaban J connectivity index is 1.24. The number of anilines is 1. The van der Waals surface area contributed by atoms with Gasteiger partial charge in [-0.15, -0.1) is 0 Å². The fraction of sp³-hybridized carbons (Fsp3) is 0.379. The molecule has 3 N–H and O–H groups in total. The molecular formula is C29H30F4N4O2. The Morgan fingerprint density at radius 3 is 2.44 bits per heavy atom. The number of ether oxygens (including phenoxy) is 1. The first-order chi connectivity index (χ1) is 18.7. The van der Waals surface area contributed by atoms with Gasteiger partial charge in [0.25, 0.3) is 5.91 Å². The minimum atomic E-state index is -4.11. The minimum Gasteiger partial charge on any atom is -0.490 e. The number of carbonyl (C=O) groups is 1. The van der Waals surface area contributed by atoms with Gasteiger partial charge in [-0.1, -0.05) is 24.3 Å². The van der Waals surface area contributed by atoms with Crippen LogP contribution in [0, 0.1) is 5.95 Å². The van der Waals surface area contributed by atoms with Gasteiger partial charge < -0.3 is 20.7 Å². The van der Waals surface area contributed by atoms with Crippen molar-refractivity contribution in [2.45, 2.75) is 44.4 Å². The normalized spacial score (nSPS) is 16.6. The molecule has 6 nitrogen and oxygen atoms in total. The number of fused-ring (bicyclic) bond motifs is 1. The molecule has 3 heterocycles. The van der Waals surface area contributed by atoms with E-state index in [1.807, 2.05) is 11.0 Å². The highest BCUT2D eigenvalue weighted by Crippen LogP contribution is 2.34. The summed E-state index contributed by atoms with van der Waals surface area (Å²) in [6.45, 7) is 2.39. The van der Waals surface area contributed by atoms with Gasteiger partial charge in [0.15, 0.2) is 0 Å². The second kappa shape index (κ2) is 11.2. The van der Waals surface area contributed by atoms with E-state index in [2.05, 4.69) is 10.3 Å². The van der Waals surface area contributed by atoms with Crippen LogP contribution >= 0.6 is 0 Å². The highest BCUT2D eigenvalue weighted by atomic mass is 19.4. The Hall–Kier alpha value is -3.66. The summed E-state index contributed by atoms with van der Waals surface area (Å²) in [5.74, 6) is -0.0740. The van der Waals surface area contributed by atoms with Crippen molar-refractivity contribution in [2.24, 2.45) is 0 Å². The molecule has 3 aromatic rings. The van der Waals surface area contributed by atoms with Gasteiger partial charge >= 0.3 is 6.18 Å². The van der Waals surface area contributed by atoms with Crippen molar-refractivity contribution in [3.05, 3.63) is 65.6 Å². The highest BCUT2D eigenvalue weighted by molar-refractivity contribution is 5.97. The van der Waals surface area contributed by atoms with Gasteiger partial charge in [-0.3, -0.25) is 4.79 Å². The summed E-state index contributed by atoms with van der Waals surface area (Å²) in [5.41, 5.74) is 9.89. The predicted molar refractivity (Wildman–Crippen MR) is 141 cm³/mol.